The molecule has 0 rings (SSSR count). The molecule has 0 bridgehead atoms. The first-order chi connectivity index (χ1) is 11.7. The number of Topliss-reactive ketones (excluding diaryl/α,β-unsaturated/α-hetero) is 1. The van der Waals surface area contributed by atoms with Crippen LogP contribution in [0.5, 0.6) is 0 Å². The van der Waals surface area contributed by atoms with Gasteiger partial charge < -0.3 is 5.73 Å². The van der Waals surface area contributed by atoms with Crippen LogP contribution in [0.1, 0.15) is 103 Å². The van der Waals surface area contributed by atoms with E-state index >= 15 is 0 Å². The number of ketones is 1. The van der Waals surface area contributed by atoms with E-state index in [2.05, 4.69) is 11.8 Å². The third-order valence-corrected chi connectivity index (χ3v) is 4.75. The fourth-order valence-corrected chi connectivity index (χ4v) is 3.16. The molecule has 0 spiro atoms. The van der Waals surface area contributed by atoms with Gasteiger partial charge in [0.15, 0.2) is 0 Å². The van der Waals surface area contributed by atoms with Crippen LogP contribution in [0.25, 0.3) is 0 Å². The zero-order valence-corrected chi connectivity index (χ0v) is 16.7. The van der Waals surface area contributed by atoms with Gasteiger partial charge >= 0.3 is 0 Å². The quantitative estimate of drug-likeness (QED) is 0.324. The summed E-state index contributed by atoms with van der Waals surface area (Å²) in [5.74, 6) is 0.387. The van der Waals surface area contributed by atoms with Gasteiger partial charge in [-0.15, -0.1) is 0 Å². The fraction of sp³-hybridized carbons (Fsp3) is 0.952. The van der Waals surface area contributed by atoms with E-state index in [-0.39, 0.29) is 0 Å². The van der Waals surface area contributed by atoms with Crippen LogP contribution in [0.2, 0.25) is 0 Å². The number of carbonyl (C=O) groups excluding carboxylic acids is 1. The molecule has 0 saturated carbocycles. The molecule has 0 aromatic rings. The third-order valence-electron chi connectivity index (χ3n) is 4.75. The van der Waals surface area contributed by atoms with Crippen molar-refractivity contribution < 1.29 is 4.79 Å². The number of likely N-dealkylation sites (N-methyl/N-ethyl adjacent to an activating group) is 1. The molecule has 0 heterocycles. The molecule has 0 unspecified atom stereocenters. The summed E-state index contributed by atoms with van der Waals surface area (Å²) in [6.45, 7) is 4.51. The van der Waals surface area contributed by atoms with Crippen molar-refractivity contribution in [2.75, 3.05) is 26.7 Å². The van der Waals surface area contributed by atoms with Gasteiger partial charge in [0.05, 0.1) is 6.54 Å². The molecule has 0 saturated heterocycles. The normalized spacial score (nSPS) is 11.3. The molecule has 0 fully saturated rings. The van der Waals surface area contributed by atoms with Crippen molar-refractivity contribution in [1.82, 2.24) is 4.90 Å². The Kier molecular flexibility index (Phi) is 18.6. The van der Waals surface area contributed by atoms with Crippen molar-refractivity contribution in [3.05, 3.63) is 0 Å². The highest BCUT2D eigenvalue weighted by Crippen LogP contribution is 2.13. The van der Waals surface area contributed by atoms with E-state index in [0.29, 0.717) is 18.9 Å². The van der Waals surface area contributed by atoms with Crippen LogP contribution in [-0.2, 0) is 4.79 Å². The van der Waals surface area contributed by atoms with Gasteiger partial charge in [0.25, 0.3) is 0 Å². The van der Waals surface area contributed by atoms with Gasteiger partial charge in [0, 0.05) is 6.42 Å². The second kappa shape index (κ2) is 18.9. The first kappa shape index (κ1) is 23.6. The molecular formula is C21H44N2O. The van der Waals surface area contributed by atoms with E-state index in [1.54, 1.807) is 0 Å². The van der Waals surface area contributed by atoms with E-state index in [0.717, 1.165) is 25.8 Å². The van der Waals surface area contributed by atoms with E-state index in [4.69, 9.17) is 5.73 Å². The highest BCUT2D eigenvalue weighted by Gasteiger charge is 2.05. The molecule has 0 atom stereocenters. The lowest BCUT2D eigenvalue weighted by Gasteiger charge is -2.14. The van der Waals surface area contributed by atoms with Crippen molar-refractivity contribution >= 4 is 5.78 Å². The Morgan fingerprint density at radius 1 is 0.750 bits per heavy atom. The number of carbonyl (C=O) groups is 1. The molecule has 0 aliphatic carbocycles. The van der Waals surface area contributed by atoms with Gasteiger partial charge in [-0.3, -0.25) is 9.69 Å². The van der Waals surface area contributed by atoms with Crippen LogP contribution in [0.15, 0.2) is 0 Å². The van der Waals surface area contributed by atoms with Gasteiger partial charge in [-0.2, -0.15) is 0 Å². The predicted octanol–water partition coefficient (Wildman–Crippen LogP) is 5.32. The Labute approximate surface area is 151 Å². The molecule has 0 aliphatic heterocycles. The van der Waals surface area contributed by atoms with Crippen molar-refractivity contribution in [3.63, 3.8) is 0 Å². The second-order valence-electron chi connectivity index (χ2n) is 7.41. The molecule has 0 aromatic carbocycles. The summed E-state index contributed by atoms with van der Waals surface area (Å²) < 4.78 is 0. The number of hydrogen-bond donors (Lipinski definition) is 1. The van der Waals surface area contributed by atoms with Crippen LogP contribution in [0.3, 0.4) is 0 Å². The predicted molar refractivity (Wildman–Crippen MR) is 106 cm³/mol. The zero-order valence-electron chi connectivity index (χ0n) is 16.7. The zero-order chi connectivity index (χ0) is 17.9. The summed E-state index contributed by atoms with van der Waals surface area (Å²) in [4.78, 5) is 13.9. The maximum Gasteiger partial charge on any atom is 0.146 e. The van der Waals surface area contributed by atoms with E-state index < -0.39 is 0 Å². The Balaban J connectivity index is 3.20. The third kappa shape index (κ3) is 17.9. The molecule has 0 aromatic heterocycles. The molecular weight excluding hydrogens is 296 g/mol. The first-order valence-corrected chi connectivity index (χ1v) is 10.6. The fourth-order valence-electron chi connectivity index (χ4n) is 3.16. The topological polar surface area (TPSA) is 46.3 Å². The van der Waals surface area contributed by atoms with Gasteiger partial charge in [-0.25, -0.2) is 0 Å². The Morgan fingerprint density at radius 3 is 1.67 bits per heavy atom. The summed E-state index contributed by atoms with van der Waals surface area (Å²) in [7, 11) is 2.01. The Morgan fingerprint density at radius 2 is 1.21 bits per heavy atom. The maximum atomic E-state index is 11.8. The minimum Gasteiger partial charge on any atom is -0.330 e. The standard InChI is InChI=1S/C21H44N2O/c1-3-4-5-6-7-8-9-10-11-12-13-14-15-17-21(24)20-23(2)19-16-18-22/h3-20,22H2,1-2H3. The molecule has 0 aliphatic rings. The molecule has 0 radical (unpaired) electrons. The lowest BCUT2D eigenvalue weighted by Crippen LogP contribution is -2.28. The minimum atomic E-state index is 0.387. The van der Waals surface area contributed by atoms with Gasteiger partial charge in [0.2, 0.25) is 0 Å². The summed E-state index contributed by atoms with van der Waals surface area (Å²) in [6, 6.07) is 0. The Hall–Kier alpha value is -0.410. The average molecular weight is 341 g/mol. The maximum absolute atomic E-state index is 11.8. The Bertz CT molecular complexity index is 269. The van der Waals surface area contributed by atoms with Gasteiger partial charge in [-0.05, 0) is 33.0 Å². The highest BCUT2D eigenvalue weighted by molar-refractivity contribution is 5.80. The minimum absolute atomic E-state index is 0.387. The van der Waals surface area contributed by atoms with Crippen LogP contribution < -0.4 is 5.73 Å². The SMILES string of the molecule is CCCCCCCCCCCCCCCC(=O)CN(C)CCCN. The van der Waals surface area contributed by atoms with Gasteiger partial charge in [-0.1, -0.05) is 84.0 Å². The summed E-state index contributed by atoms with van der Waals surface area (Å²) in [6.07, 6.45) is 19.3. The van der Waals surface area contributed by atoms with Crippen LogP contribution >= 0.6 is 0 Å². The van der Waals surface area contributed by atoms with Crippen LogP contribution in [-0.4, -0.2) is 37.4 Å². The molecule has 3 heteroatoms. The van der Waals surface area contributed by atoms with Gasteiger partial charge in [0.1, 0.15) is 5.78 Å². The molecule has 144 valence electrons. The largest absolute Gasteiger partial charge is 0.330 e. The first-order valence-electron chi connectivity index (χ1n) is 10.6. The summed E-state index contributed by atoms with van der Waals surface area (Å²) in [5, 5.41) is 0. The molecule has 2 N–H and O–H groups in total. The van der Waals surface area contributed by atoms with E-state index in [9.17, 15) is 4.79 Å². The van der Waals surface area contributed by atoms with Crippen molar-refractivity contribution in [2.24, 2.45) is 5.73 Å². The average Bonchev–Trinajstić information content (AvgIpc) is 2.57. The van der Waals surface area contributed by atoms with E-state index in [1.807, 2.05) is 7.05 Å². The van der Waals surface area contributed by atoms with Crippen molar-refractivity contribution in [3.8, 4) is 0 Å². The highest BCUT2D eigenvalue weighted by atomic mass is 16.1. The lowest BCUT2D eigenvalue weighted by molar-refractivity contribution is -0.120. The van der Waals surface area contributed by atoms with Crippen molar-refractivity contribution in [2.45, 2.75) is 103 Å². The van der Waals surface area contributed by atoms with E-state index in [1.165, 1.54) is 77.0 Å². The number of nitrogens with zero attached hydrogens (tertiary/aromatic N) is 1. The summed E-state index contributed by atoms with van der Waals surface area (Å²) >= 11 is 0. The smallest absolute Gasteiger partial charge is 0.146 e. The number of unbranched alkanes of at least 4 members (excludes halogenated alkanes) is 12. The van der Waals surface area contributed by atoms with Crippen LogP contribution in [0.4, 0.5) is 0 Å². The molecule has 0 amide bonds. The molecule has 24 heavy (non-hydrogen) atoms. The number of rotatable bonds is 19. The molecule has 3 nitrogen and oxygen atoms in total. The second-order valence-corrected chi connectivity index (χ2v) is 7.41. The van der Waals surface area contributed by atoms with Crippen LogP contribution in [0, 0.1) is 0 Å². The summed E-state index contributed by atoms with van der Waals surface area (Å²) in [5.41, 5.74) is 5.49. The number of hydrogen-bond acceptors (Lipinski definition) is 3. The number of nitrogens with two attached hydrogens (primary N) is 1. The van der Waals surface area contributed by atoms with Crippen molar-refractivity contribution in [1.29, 1.82) is 0 Å². The lowest BCUT2D eigenvalue weighted by atomic mass is 10.0. The monoisotopic (exact) mass is 340 g/mol.